The third kappa shape index (κ3) is 4.72. The Labute approximate surface area is 165 Å². The highest BCUT2D eigenvalue weighted by Gasteiger charge is 2.35. The lowest BCUT2D eigenvalue weighted by molar-refractivity contribution is -0.126. The van der Waals surface area contributed by atoms with Gasteiger partial charge in [0.15, 0.2) is 12.1 Å². The number of aromatic nitrogens is 1. The molecule has 4 rings (SSSR count). The first-order valence-corrected chi connectivity index (χ1v) is 10.4. The second-order valence-corrected chi connectivity index (χ2v) is 8.28. The van der Waals surface area contributed by atoms with Gasteiger partial charge in [-0.2, -0.15) is 0 Å². The van der Waals surface area contributed by atoms with E-state index in [0.29, 0.717) is 23.5 Å². The second kappa shape index (κ2) is 8.61. The molecule has 2 N–H and O–H groups in total. The molecule has 2 atom stereocenters. The monoisotopic (exact) mass is 390 g/mol. The molecule has 0 bridgehead atoms. The SMILES string of the molecule is Cc1ocnc1C(=O)N[C@H]1CC[C@@H](C(=O)NC2CC2)CN(C2CCOCC2)C1. The van der Waals surface area contributed by atoms with Crippen LogP contribution in [0.4, 0.5) is 0 Å². The molecule has 28 heavy (non-hydrogen) atoms. The van der Waals surface area contributed by atoms with Crippen molar-refractivity contribution in [2.75, 3.05) is 26.3 Å². The highest BCUT2D eigenvalue weighted by Crippen LogP contribution is 2.25. The number of hydrogen-bond donors (Lipinski definition) is 2. The number of nitrogens with one attached hydrogen (secondary N) is 2. The van der Waals surface area contributed by atoms with E-state index in [2.05, 4.69) is 20.5 Å². The third-order valence-electron chi connectivity index (χ3n) is 6.07. The molecule has 0 unspecified atom stereocenters. The lowest BCUT2D eigenvalue weighted by Gasteiger charge is -2.36. The van der Waals surface area contributed by atoms with E-state index in [9.17, 15) is 9.59 Å². The number of amides is 2. The van der Waals surface area contributed by atoms with E-state index >= 15 is 0 Å². The summed E-state index contributed by atoms with van der Waals surface area (Å²) in [5, 5.41) is 6.28. The first-order chi connectivity index (χ1) is 13.6. The zero-order valence-corrected chi connectivity index (χ0v) is 16.5. The average Bonchev–Trinajstić information content (AvgIpc) is 3.44. The van der Waals surface area contributed by atoms with Crippen molar-refractivity contribution in [3.8, 4) is 0 Å². The molecule has 2 amide bonds. The Kier molecular flexibility index (Phi) is 5.96. The van der Waals surface area contributed by atoms with Crippen LogP contribution in [0, 0.1) is 12.8 Å². The number of hydrogen-bond acceptors (Lipinski definition) is 6. The van der Waals surface area contributed by atoms with Crippen LogP contribution in [0.1, 0.15) is 54.8 Å². The maximum absolute atomic E-state index is 12.7. The van der Waals surface area contributed by atoms with Gasteiger partial charge < -0.3 is 19.8 Å². The minimum Gasteiger partial charge on any atom is -0.448 e. The van der Waals surface area contributed by atoms with Gasteiger partial charge in [0.2, 0.25) is 5.91 Å². The summed E-state index contributed by atoms with van der Waals surface area (Å²) < 4.78 is 10.7. The average molecular weight is 390 g/mol. The standard InChI is InChI=1S/C20H30N4O4/c1-13-18(21-12-28-13)20(26)23-16-3-2-14(19(25)22-15-4-5-15)10-24(11-16)17-6-8-27-9-7-17/h12,14-17H,2-11H2,1H3,(H,22,25)(H,23,26)/t14-,16+/m1/s1. The van der Waals surface area contributed by atoms with Crippen molar-refractivity contribution < 1.29 is 18.7 Å². The normalized spacial score (nSPS) is 27.2. The molecule has 3 heterocycles. The summed E-state index contributed by atoms with van der Waals surface area (Å²) in [6.07, 6.45) is 6.99. The number of aryl methyl sites for hydroxylation is 1. The number of carbonyl (C=O) groups excluding carboxylic acids is 2. The van der Waals surface area contributed by atoms with Crippen LogP contribution in [0.2, 0.25) is 0 Å². The molecule has 2 aliphatic heterocycles. The molecule has 1 aromatic rings. The van der Waals surface area contributed by atoms with Gasteiger partial charge >= 0.3 is 0 Å². The number of oxazole rings is 1. The predicted molar refractivity (Wildman–Crippen MR) is 102 cm³/mol. The minimum atomic E-state index is -0.205. The van der Waals surface area contributed by atoms with E-state index in [-0.39, 0.29) is 23.8 Å². The maximum atomic E-state index is 12.7. The molecular formula is C20H30N4O4. The van der Waals surface area contributed by atoms with Crippen molar-refractivity contribution in [2.45, 2.75) is 63.6 Å². The summed E-state index contributed by atoms with van der Waals surface area (Å²) >= 11 is 0. The van der Waals surface area contributed by atoms with Crippen LogP contribution in [-0.4, -0.2) is 66.1 Å². The number of likely N-dealkylation sites (tertiary alicyclic amines) is 1. The molecule has 2 saturated heterocycles. The highest BCUT2D eigenvalue weighted by molar-refractivity contribution is 5.93. The summed E-state index contributed by atoms with van der Waals surface area (Å²) in [5.41, 5.74) is 0.338. The topological polar surface area (TPSA) is 96.7 Å². The van der Waals surface area contributed by atoms with Gasteiger partial charge in [-0.1, -0.05) is 0 Å². The van der Waals surface area contributed by atoms with Crippen LogP contribution in [0.5, 0.6) is 0 Å². The highest BCUT2D eigenvalue weighted by atomic mass is 16.5. The van der Waals surface area contributed by atoms with Gasteiger partial charge in [-0.05, 0) is 45.4 Å². The molecule has 0 aromatic carbocycles. The molecule has 1 saturated carbocycles. The third-order valence-corrected chi connectivity index (χ3v) is 6.07. The Morgan fingerprint density at radius 2 is 1.79 bits per heavy atom. The summed E-state index contributed by atoms with van der Waals surface area (Å²) in [6, 6.07) is 0.763. The minimum absolute atomic E-state index is 0.00910. The molecule has 3 fully saturated rings. The molecule has 1 aliphatic carbocycles. The number of ether oxygens (including phenoxy) is 1. The Morgan fingerprint density at radius 3 is 2.46 bits per heavy atom. The second-order valence-electron chi connectivity index (χ2n) is 8.28. The Bertz CT molecular complexity index is 696. The van der Waals surface area contributed by atoms with Gasteiger partial charge in [-0.25, -0.2) is 4.98 Å². The fraction of sp³-hybridized carbons (Fsp3) is 0.750. The lowest BCUT2D eigenvalue weighted by atomic mass is 10.00. The van der Waals surface area contributed by atoms with Crippen molar-refractivity contribution in [2.24, 2.45) is 5.92 Å². The predicted octanol–water partition coefficient (Wildman–Crippen LogP) is 1.25. The largest absolute Gasteiger partial charge is 0.448 e. The number of rotatable bonds is 5. The zero-order valence-electron chi connectivity index (χ0n) is 16.5. The van der Waals surface area contributed by atoms with Crippen molar-refractivity contribution in [3.05, 3.63) is 17.8 Å². The van der Waals surface area contributed by atoms with E-state index in [4.69, 9.17) is 9.15 Å². The summed E-state index contributed by atoms with van der Waals surface area (Å²) in [6.45, 7) is 4.76. The fourth-order valence-electron chi connectivity index (χ4n) is 4.23. The van der Waals surface area contributed by atoms with Crippen LogP contribution in [0.25, 0.3) is 0 Å². The van der Waals surface area contributed by atoms with E-state index in [1.807, 2.05) is 0 Å². The molecule has 154 valence electrons. The summed E-state index contributed by atoms with van der Waals surface area (Å²) in [4.78, 5) is 31.7. The number of nitrogens with zero attached hydrogens (tertiary/aromatic N) is 2. The van der Waals surface area contributed by atoms with Gasteiger partial charge in [-0.3, -0.25) is 14.5 Å². The maximum Gasteiger partial charge on any atom is 0.273 e. The van der Waals surface area contributed by atoms with Crippen molar-refractivity contribution in [1.29, 1.82) is 0 Å². The van der Waals surface area contributed by atoms with Gasteiger partial charge in [-0.15, -0.1) is 0 Å². The first kappa shape index (κ1) is 19.4. The molecule has 3 aliphatic rings. The van der Waals surface area contributed by atoms with Crippen molar-refractivity contribution in [3.63, 3.8) is 0 Å². The quantitative estimate of drug-likeness (QED) is 0.786. The molecule has 1 aromatic heterocycles. The first-order valence-electron chi connectivity index (χ1n) is 10.4. The van der Waals surface area contributed by atoms with Gasteiger partial charge in [0, 0.05) is 44.4 Å². The summed E-state index contributed by atoms with van der Waals surface area (Å²) in [7, 11) is 0. The van der Waals surface area contributed by atoms with Crippen molar-refractivity contribution in [1.82, 2.24) is 20.5 Å². The zero-order chi connectivity index (χ0) is 19.5. The summed E-state index contributed by atoms with van der Waals surface area (Å²) in [5.74, 6) is 0.455. The van der Waals surface area contributed by atoms with E-state index in [1.165, 1.54) is 6.39 Å². The van der Waals surface area contributed by atoms with E-state index < -0.39 is 0 Å². The fourth-order valence-corrected chi connectivity index (χ4v) is 4.23. The van der Waals surface area contributed by atoms with Crippen LogP contribution in [0.15, 0.2) is 10.8 Å². The lowest BCUT2D eigenvalue weighted by Crippen LogP contribution is -2.49. The molecule has 0 radical (unpaired) electrons. The van der Waals surface area contributed by atoms with E-state index in [0.717, 1.165) is 64.8 Å². The van der Waals surface area contributed by atoms with Gasteiger partial charge in [0.25, 0.3) is 5.91 Å². The Hall–Kier alpha value is -1.93. The van der Waals surface area contributed by atoms with Crippen molar-refractivity contribution >= 4 is 11.8 Å². The molecule has 8 heteroatoms. The van der Waals surface area contributed by atoms with Gasteiger partial charge in [0.1, 0.15) is 5.76 Å². The van der Waals surface area contributed by atoms with Crippen LogP contribution >= 0.6 is 0 Å². The van der Waals surface area contributed by atoms with Crippen LogP contribution in [0.3, 0.4) is 0 Å². The molecule has 0 spiro atoms. The Balaban J connectivity index is 1.44. The molecular weight excluding hydrogens is 360 g/mol. The van der Waals surface area contributed by atoms with Crippen LogP contribution < -0.4 is 10.6 Å². The number of carbonyl (C=O) groups is 2. The van der Waals surface area contributed by atoms with Crippen LogP contribution in [-0.2, 0) is 9.53 Å². The smallest absolute Gasteiger partial charge is 0.273 e. The van der Waals surface area contributed by atoms with E-state index in [1.54, 1.807) is 6.92 Å². The molecule has 8 nitrogen and oxygen atoms in total. The Morgan fingerprint density at radius 1 is 1.04 bits per heavy atom. The van der Waals surface area contributed by atoms with Gasteiger partial charge in [0.05, 0.1) is 5.92 Å².